The highest BCUT2D eigenvalue weighted by molar-refractivity contribution is 5.42. The molecule has 0 amide bonds. The molecule has 0 N–H and O–H groups in total. The van der Waals surface area contributed by atoms with Gasteiger partial charge in [0, 0.05) is 0 Å². The van der Waals surface area contributed by atoms with Crippen molar-refractivity contribution in [1.29, 1.82) is 0 Å². The number of aryl methyl sites for hydroxylation is 6. The van der Waals surface area contributed by atoms with Crippen LogP contribution in [0.15, 0.2) is 24.3 Å². The molecule has 144 valence electrons. The molecule has 2 aromatic rings. The summed E-state index contributed by atoms with van der Waals surface area (Å²) in [6, 6.07) is 9.09. The lowest BCUT2D eigenvalue weighted by Crippen LogP contribution is -2.15. The maximum Gasteiger partial charge on any atom is -0.0127 e. The lowest BCUT2D eigenvalue weighted by atomic mass is 9.80. The van der Waals surface area contributed by atoms with Crippen LogP contribution in [-0.2, 0) is 10.8 Å². The summed E-state index contributed by atoms with van der Waals surface area (Å²) in [7, 11) is 0. The van der Waals surface area contributed by atoms with E-state index in [4.69, 9.17) is 0 Å². The van der Waals surface area contributed by atoms with E-state index in [0.717, 1.165) is 0 Å². The van der Waals surface area contributed by atoms with E-state index in [1.165, 1.54) is 44.5 Å². The van der Waals surface area contributed by atoms with Crippen molar-refractivity contribution in [3.05, 3.63) is 68.8 Å². The summed E-state index contributed by atoms with van der Waals surface area (Å²) in [4.78, 5) is 0. The lowest BCUT2D eigenvalue weighted by Gasteiger charge is -2.24. The molecule has 0 nitrogen and oxygen atoms in total. The topological polar surface area (TPSA) is 0 Å². The van der Waals surface area contributed by atoms with Gasteiger partial charge in [-0.15, -0.1) is 0 Å². The molecule has 0 saturated heterocycles. The monoisotopic (exact) mass is 352 g/mol. The molecule has 2 rings (SSSR count). The first kappa shape index (κ1) is 22.5. The van der Waals surface area contributed by atoms with Crippen LogP contribution in [0, 0.1) is 41.5 Å². The minimum atomic E-state index is 0.266. The Hall–Kier alpha value is -1.56. The largest absolute Gasteiger partial charge is 0.0561 e. The quantitative estimate of drug-likeness (QED) is 0.453. The molecule has 26 heavy (non-hydrogen) atoms. The van der Waals surface area contributed by atoms with Gasteiger partial charge in [0.15, 0.2) is 0 Å². The van der Waals surface area contributed by atoms with E-state index in [1.54, 1.807) is 0 Å². The Bertz CT molecular complexity index is 648. The highest BCUT2D eigenvalue weighted by Crippen LogP contribution is 2.30. The fourth-order valence-corrected chi connectivity index (χ4v) is 4.73. The number of hydrogen-bond acceptors (Lipinski definition) is 0. The predicted octanol–water partition coefficient (Wildman–Crippen LogP) is 7.82. The molecular weight excluding hydrogens is 312 g/mol. The summed E-state index contributed by atoms with van der Waals surface area (Å²) in [5, 5.41) is 0. The SMILES string of the molecule is Cc1cc(C)c(C(C)(C)C)c(C)c1.Cc1cc(C)c(C(C)(C)C)c(C)c1. The van der Waals surface area contributed by atoms with Crippen molar-refractivity contribution in [2.45, 2.75) is 93.9 Å². The van der Waals surface area contributed by atoms with E-state index in [2.05, 4.69) is 107 Å². The van der Waals surface area contributed by atoms with Crippen molar-refractivity contribution in [2.24, 2.45) is 0 Å². The Labute approximate surface area is 163 Å². The minimum Gasteiger partial charge on any atom is -0.0561 e. The molecule has 2 aromatic carbocycles. The highest BCUT2D eigenvalue weighted by atomic mass is 14.2. The molecule has 0 unspecified atom stereocenters. The fourth-order valence-electron chi connectivity index (χ4n) is 4.73. The molecule has 0 bridgehead atoms. The predicted molar refractivity (Wildman–Crippen MR) is 119 cm³/mol. The third kappa shape index (κ3) is 5.73. The van der Waals surface area contributed by atoms with Gasteiger partial charge in [-0.25, -0.2) is 0 Å². The maximum atomic E-state index is 2.28. The van der Waals surface area contributed by atoms with Crippen LogP contribution in [0.1, 0.15) is 86.1 Å². The average molecular weight is 353 g/mol. The summed E-state index contributed by atoms with van der Waals surface area (Å²) in [5.74, 6) is 0. The second kappa shape index (κ2) is 7.99. The van der Waals surface area contributed by atoms with Crippen molar-refractivity contribution in [3.63, 3.8) is 0 Å². The zero-order chi connectivity index (χ0) is 20.4. The van der Waals surface area contributed by atoms with Crippen LogP contribution in [0.25, 0.3) is 0 Å². The highest BCUT2D eigenvalue weighted by Gasteiger charge is 2.19. The Morgan fingerprint density at radius 2 is 0.615 bits per heavy atom. The Balaban J connectivity index is 0.000000260. The van der Waals surface area contributed by atoms with E-state index in [1.807, 2.05) is 0 Å². The number of hydrogen-bond donors (Lipinski definition) is 0. The van der Waals surface area contributed by atoms with Gasteiger partial charge < -0.3 is 0 Å². The van der Waals surface area contributed by atoms with Gasteiger partial charge >= 0.3 is 0 Å². The van der Waals surface area contributed by atoms with Crippen molar-refractivity contribution in [1.82, 2.24) is 0 Å². The Morgan fingerprint density at radius 1 is 0.423 bits per heavy atom. The fraction of sp³-hybridized carbons (Fsp3) is 0.538. The second-order valence-electron chi connectivity index (χ2n) is 10.0. The molecule has 0 heteroatoms. The zero-order valence-corrected chi connectivity index (χ0v) is 19.3. The molecule has 0 saturated carbocycles. The smallest absolute Gasteiger partial charge is 0.0127 e. The van der Waals surface area contributed by atoms with Crippen LogP contribution in [0.4, 0.5) is 0 Å². The normalized spacial score (nSPS) is 11.8. The van der Waals surface area contributed by atoms with Crippen LogP contribution in [0.3, 0.4) is 0 Å². The first-order valence-electron chi connectivity index (χ1n) is 9.81. The number of benzene rings is 2. The van der Waals surface area contributed by atoms with Crippen molar-refractivity contribution in [3.8, 4) is 0 Å². The van der Waals surface area contributed by atoms with E-state index < -0.39 is 0 Å². The van der Waals surface area contributed by atoms with Crippen LogP contribution < -0.4 is 0 Å². The molecule has 0 heterocycles. The first-order valence-corrected chi connectivity index (χ1v) is 9.81. The summed E-state index contributed by atoms with van der Waals surface area (Å²) >= 11 is 0. The van der Waals surface area contributed by atoms with Gasteiger partial charge in [0.25, 0.3) is 0 Å². The summed E-state index contributed by atoms with van der Waals surface area (Å²) in [6.07, 6.45) is 0. The molecule has 0 aliphatic rings. The van der Waals surface area contributed by atoms with Crippen molar-refractivity contribution in [2.75, 3.05) is 0 Å². The molecular formula is C26H40. The van der Waals surface area contributed by atoms with Gasteiger partial charge in [0.1, 0.15) is 0 Å². The summed E-state index contributed by atoms with van der Waals surface area (Å²) < 4.78 is 0. The molecule has 0 atom stereocenters. The van der Waals surface area contributed by atoms with E-state index in [9.17, 15) is 0 Å². The van der Waals surface area contributed by atoms with Gasteiger partial charge in [-0.2, -0.15) is 0 Å². The van der Waals surface area contributed by atoms with Crippen LogP contribution in [-0.4, -0.2) is 0 Å². The lowest BCUT2D eigenvalue weighted by molar-refractivity contribution is 0.581. The zero-order valence-electron chi connectivity index (χ0n) is 19.3. The summed E-state index contributed by atoms with van der Waals surface area (Å²) in [5.41, 5.74) is 11.9. The van der Waals surface area contributed by atoms with E-state index in [0.29, 0.717) is 0 Å². The van der Waals surface area contributed by atoms with Crippen LogP contribution in [0.5, 0.6) is 0 Å². The molecule has 0 aliphatic carbocycles. The van der Waals surface area contributed by atoms with Crippen molar-refractivity contribution >= 4 is 0 Å². The molecule has 0 aromatic heterocycles. The van der Waals surface area contributed by atoms with E-state index >= 15 is 0 Å². The van der Waals surface area contributed by atoms with Gasteiger partial charge in [-0.05, 0) is 85.8 Å². The van der Waals surface area contributed by atoms with Gasteiger partial charge in [0.2, 0.25) is 0 Å². The van der Waals surface area contributed by atoms with E-state index in [-0.39, 0.29) is 10.8 Å². The third-order valence-electron chi connectivity index (χ3n) is 4.85. The standard InChI is InChI=1S/2C13H20/c2*1-9-7-10(2)12(11(3)8-9)13(4,5)6/h2*7-8H,1-6H3. The first-order chi connectivity index (χ1) is 11.6. The molecule has 0 radical (unpaired) electrons. The third-order valence-corrected chi connectivity index (χ3v) is 4.85. The number of rotatable bonds is 0. The summed E-state index contributed by atoms with van der Waals surface area (Å²) in [6.45, 7) is 26.8. The minimum absolute atomic E-state index is 0.266. The van der Waals surface area contributed by atoms with Gasteiger partial charge in [-0.3, -0.25) is 0 Å². The van der Waals surface area contributed by atoms with Gasteiger partial charge in [0.05, 0.1) is 0 Å². The van der Waals surface area contributed by atoms with Gasteiger partial charge in [-0.1, -0.05) is 76.9 Å². The van der Waals surface area contributed by atoms with Crippen LogP contribution >= 0.6 is 0 Å². The maximum absolute atomic E-state index is 2.28. The molecule has 0 spiro atoms. The van der Waals surface area contributed by atoms with Crippen LogP contribution in [0.2, 0.25) is 0 Å². The van der Waals surface area contributed by atoms with Crippen molar-refractivity contribution < 1.29 is 0 Å². The average Bonchev–Trinajstić information content (AvgIpc) is 2.32. The Morgan fingerprint density at radius 3 is 0.769 bits per heavy atom. The second-order valence-corrected chi connectivity index (χ2v) is 10.0. The Kier molecular flexibility index (Phi) is 6.91. The molecule has 0 fully saturated rings. The molecule has 0 aliphatic heterocycles.